The molecule has 2 aromatic rings. The topological polar surface area (TPSA) is 33.1 Å². The van der Waals surface area contributed by atoms with E-state index >= 15 is 0 Å². The molecule has 0 spiro atoms. The van der Waals surface area contributed by atoms with Gasteiger partial charge in [0.15, 0.2) is 5.82 Å². The monoisotopic (exact) mass is 360 g/mol. The van der Waals surface area contributed by atoms with Gasteiger partial charge in [-0.1, -0.05) is 13.3 Å². The van der Waals surface area contributed by atoms with E-state index in [4.69, 9.17) is 5.10 Å². The lowest BCUT2D eigenvalue weighted by atomic mass is 9.95. The smallest absolute Gasteiger partial charge is 0.151 e. The molecular formula is C20H26F2N4. The van der Waals surface area contributed by atoms with Gasteiger partial charge in [-0.25, -0.2) is 13.5 Å². The Morgan fingerprint density at radius 1 is 1.19 bits per heavy atom. The number of hydrogen-bond acceptors (Lipinski definition) is 3. The van der Waals surface area contributed by atoms with Gasteiger partial charge >= 0.3 is 0 Å². The minimum atomic E-state index is -0.580. The number of hydrogen-bond donors (Lipinski definition) is 1. The van der Waals surface area contributed by atoms with Crippen LogP contribution in [0.3, 0.4) is 0 Å². The molecule has 4 nitrogen and oxygen atoms in total. The van der Waals surface area contributed by atoms with Crippen LogP contribution in [0.5, 0.6) is 0 Å². The van der Waals surface area contributed by atoms with Gasteiger partial charge in [-0.3, -0.25) is 4.90 Å². The van der Waals surface area contributed by atoms with Crippen LogP contribution in [0.2, 0.25) is 0 Å². The van der Waals surface area contributed by atoms with Gasteiger partial charge in [0.1, 0.15) is 17.3 Å². The van der Waals surface area contributed by atoms with E-state index in [0.717, 1.165) is 62.9 Å². The molecule has 2 aliphatic heterocycles. The van der Waals surface area contributed by atoms with Crippen molar-refractivity contribution in [2.75, 3.05) is 25.0 Å². The Bertz CT molecular complexity index is 786. The molecular weight excluding hydrogens is 334 g/mol. The van der Waals surface area contributed by atoms with Crippen molar-refractivity contribution in [2.45, 2.75) is 51.5 Å². The van der Waals surface area contributed by atoms with Crippen LogP contribution < -0.4 is 5.32 Å². The van der Waals surface area contributed by atoms with Gasteiger partial charge in [0.05, 0.1) is 11.7 Å². The molecule has 1 saturated heterocycles. The highest BCUT2D eigenvalue weighted by Crippen LogP contribution is 2.37. The molecule has 140 valence electrons. The first kappa shape index (κ1) is 17.5. The maximum absolute atomic E-state index is 14.5. The Labute approximate surface area is 153 Å². The lowest BCUT2D eigenvalue weighted by Crippen LogP contribution is -2.34. The Kier molecular flexibility index (Phi) is 4.94. The molecule has 4 rings (SSSR count). The Hall–Kier alpha value is -1.95. The maximum atomic E-state index is 14.5. The number of aromatic nitrogens is 2. The van der Waals surface area contributed by atoms with Gasteiger partial charge in [-0.2, -0.15) is 5.10 Å². The number of anilines is 1. The number of halogens is 2. The summed E-state index contributed by atoms with van der Waals surface area (Å²) in [5.41, 5.74) is 2.58. The number of nitrogens with zero attached hydrogens (tertiary/aromatic N) is 3. The largest absolute Gasteiger partial charge is 0.370 e. The van der Waals surface area contributed by atoms with Crippen LogP contribution in [0.15, 0.2) is 18.2 Å². The van der Waals surface area contributed by atoms with Gasteiger partial charge in [-0.15, -0.1) is 0 Å². The van der Waals surface area contributed by atoms with E-state index in [1.165, 1.54) is 30.5 Å². The van der Waals surface area contributed by atoms with Crippen LogP contribution in [0.1, 0.15) is 56.3 Å². The normalized spacial score (nSPS) is 21.1. The van der Waals surface area contributed by atoms with Crippen molar-refractivity contribution in [3.05, 3.63) is 41.1 Å². The van der Waals surface area contributed by atoms with Gasteiger partial charge in [0.25, 0.3) is 0 Å². The van der Waals surface area contributed by atoms with Crippen molar-refractivity contribution in [1.82, 2.24) is 14.7 Å². The second-order valence-electron chi connectivity index (χ2n) is 7.24. The predicted molar refractivity (Wildman–Crippen MR) is 98.7 cm³/mol. The Morgan fingerprint density at radius 2 is 2.08 bits per heavy atom. The highest BCUT2D eigenvalue weighted by molar-refractivity contribution is 5.55. The van der Waals surface area contributed by atoms with Crippen LogP contribution in [0, 0.1) is 11.6 Å². The summed E-state index contributed by atoms with van der Waals surface area (Å²) >= 11 is 0. The number of fused-ring (bicyclic) bond motifs is 1. The number of piperidine rings is 1. The Balaban J connectivity index is 1.83. The molecule has 1 N–H and O–H groups in total. The van der Waals surface area contributed by atoms with Crippen LogP contribution in [-0.4, -0.2) is 34.3 Å². The summed E-state index contributed by atoms with van der Waals surface area (Å²) in [5, 5.41) is 8.31. The predicted octanol–water partition coefficient (Wildman–Crippen LogP) is 4.45. The van der Waals surface area contributed by atoms with Gasteiger partial charge in [0, 0.05) is 18.2 Å². The van der Waals surface area contributed by atoms with Crippen molar-refractivity contribution in [2.24, 2.45) is 0 Å². The summed E-state index contributed by atoms with van der Waals surface area (Å²) in [6, 6.07) is 3.99. The molecule has 3 heterocycles. The van der Waals surface area contributed by atoms with Crippen molar-refractivity contribution < 1.29 is 8.78 Å². The fourth-order valence-corrected chi connectivity index (χ4v) is 4.30. The third kappa shape index (κ3) is 3.11. The van der Waals surface area contributed by atoms with Crippen molar-refractivity contribution in [3.8, 4) is 5.69 Å². The fourth-order valence-electron chi connectivity index (χ4n) is 4.30. The van der Waals surface area contributed by atoms with E-state index in [1.807, 2.05) is 0 Å². The fraction of sp³-hybridized carbons (Fsp3) is 0.550. The second kappa shape index (κ2) is 7.35. The summed E-state index contributed by atoms with van der Waals surface area (Å²) in [5.74, 6) is -0.268. The van der Waals surface area contributed by atoms with E-state index in [-0.39, 0.29) is 6.04 Å². The first-order chi connectivity index (χ1) is 12.7. The van der Waals surface area contributed by atoms with E-state index in [9.17, 15) is 8.78 Å². The molecule has 1 unspecified atom stereocenters. The first-order valence-electron chi connectivity index (χ1n) is 9.74. The van der Waals surface area contributed by atoms with E-state index in [1.54, 1.807) is 4.68 Å². The summed E-state index contributed by atoms with van der Waals surface area (Å²) < 4.78 is 29.5. The molecule has 0 bridgehead atoms. The number of likely N-dealkylation sites (tertiary alicyclic amines) is 1. The summed E-state index contributed by atoms with van der Waals surface area (Å²) in [7, 11) is 0. The van der Waals surface area contributed by atoms with Crippen LogP contribution in [0.4, 0.5) is 14.6 Å². The van der Waals surface area contributed by atoms with Crippen molar-refractivity contribution in [3.63, 3.8) is 0 Å². The van der Waals surface area contributed by atoms with Crippen molar-refractivity contribution in [1.29, 1.82) is 0 Å². The molecule has 0 radical (unpaired) electrons. The first-order valence-corrected chi connectivity index (χ1v) is 9.74. The van der Waals surface area contributed by atoms with E-state index in [0.29, 0.717) is 5.69 Å². The number of rotatable bonds is 3. The standard InChI is InChI=1S/C20H26F2N4/c1-2-25-12-6-4-8-18(25)19-15-7-3-5-11-23-20(15)26(24-19)17-10-9-14(21)13-16(17)22/h9-10,13,18,23H,2-8,11-12H2,1H3. The molecule has 1 atom stereocenters. The lowest BCUT2D eigenvalue weighted by molar-refractivity contribution is 0.152. The second-order valence-corrected chi connectivity index (χ2v) is 7.24. The molecule has 0 saturated carbocycles. The third-order valence-corrected chi connectivity index (χ3v) is 5.63. The highest BCUT2D eigenvalue weighted by atomic mass is 19.1. The average Bonchev–Trinajstić information content (AvgIpc) is 2.83. The molecule has 6 heteroatoms. The lowest BCUT2D eigenvalue weighted by Gasteiger charge is -2.34. The van der Waals surface area contributed by atoms with Crippen LogP contribution >= 0.6 is 0 Å². The molecule has 26 heavy (non-hydrogen) atoms. The summed E-state index contributed by atoms with van der Waals surface area (Å²) in [6.07, 6.45) is 6.64. The SMILES string of the molecule is CCN1CCCCC1c1nn(-c2ccc(F)cc2F)c2c1CCCCN2. The molecule has 1 fully saturated rings. The molecule has 0 aliphatic carbocycles. The minimum Gasteiger partial charge on any atom is -0.370 e. The van der Waals surface area contributed by atoms with E-state index in [2.05, 4.69) is 17.1 Å². The number of benzene rings is 1. The van der Waals surface area contributed by atoms with E-state index < -0.39 is 11.6 Å². The zero-order valence-corrected chi connectivity index (χ0v) is 15.3. The zero-order valence-electron chi connectivity index (χ0n) is 15.3. The van der Waals surface area contributed by atoms with Crippen LogP contribution in [0.25, 0.3) is 5.69 Å². The van der Waals surface area contributed by atoms with Gasteiger partial charge in [-0.05, 0) is 57.3 Å². The zero-order chi connectivity index (χ0) is 18.1. The van der Waals surface area contributed by atoms with Crippen LogP contribution in [-0.2, 0) is 6.42 Å². The van der Waals surface area contributed by atoms with Gasteiger partial charge < -0.3 is 5.32 Å². The molecule has 2 aliphatic rings. The summed E-state index contributed by atoms with van der Waals surface area (Å²) in [4.78, 5) is 2.47. The number of nitrogens with one attached hydrogen (secondary N) is 1. The highest BCUT2D eigenvalue weighted by Gasteiger charge is 2.31. The van der Waals surface area contributed by atoms with Gasteiger partial charge in [0.2, 0.25) is 0 Å². The Morgan fingerprint density at radius 3 is 2.88 bits per heavy atom. The average molecular weight is 360 g/mol. The molecule has 1 aromatic heterocycles. The summed E-state index contributed by atoms with van der Waals surface area (Å²) in [6.45, 7) is 5.11. The maximum Gasteiger partial charge on any atom is 0.151 e. The molecule has 0 amide bonds. The minimum absolute atomic E-state index is 0.284. The van der Waals surface area contributed by atoms with Crippen molar-refractivity contribution >= 4 is 5.82 Å². The third-order valence-electron chi connectivity index (χ3n) is 5.63. The quantitative estimate of drug-likeness (QED) is 0.878. The molecule has 1 aromatic carbocycles.